The van der Waals surface area contributed by atoms with Crippen LogP contribution in [0.15, 0.2) is 87.2 Å². The van der Waals surface area contributed by atoms with E-state index in [9.17, 15) is 22.9 Å². The summed E-state index contributed by atoms with van der Waals surface area (Å²) < 4.78 is 41.9. The molecule has 0 unspecified atom stereocenters. The summed E-state index contributed by atoms with van der Waals surface area (Å²) in [6.07, 6.45) is 2.98. The zero-order valence-electron chi connectivity index (χ0n) is 17.3. The number of rotatable bonds is 5. The Hall–Kier alpha value is -3.54. The zero-order chi connectivity index (χ0) is 23.8. The molecule has 0 fully saturated rings. The highest BCUT2D eigenvalue weighted by atomic mass is 79.9. The van der Waals surface area contributed by atoms with Gasteiger partial charge in [-0.3, -0.25) is 4.79 Å². The van der Waals surface area contributed by atoms with Crippen molar-refractivity contribution in [1.82, 2.24) is 4.40 Å². The Morgan fingerprint density at radius 2 is 1.73 bits per heavy atom. The van der Waals surface area contributed by atoms with Gasteiger partial charge in [-0.1, -0.05) is 22.0 Å². The molecule has 164 valence electrons. The molecule has 33 heavy (non-hydrogen) atoms. The molecule has 0 spiro atoms. The first-order valence-electron chi connectivity index (χ1n) is 9.76. The Labute approximate surface area is 198 Å². The molecule has 8 heteroatoms. The molecule has 2 aromatic carbocycles. The van der Waals surface area contributed by atoms with Crippen LogP contribution in [0.1, 0.15) is 27.2 Å². The molecule has 0 bridgehead atoms. The van der Waals surface area contributed by atoms with Crippen LogP contribution >= 0.6 is 15.9 Å². The smallest absolute Gasteiger partial charge is 0.216 e. The highest BCUT2D eigenvalue weighted by Crippen LogP contribution is 2.30. The highest BCUT2D eigenvalue weighted by Gasteiger charge is 2.25. The van der Waals surface area contributed by atoms with E-state index >= 15 is 0 Å². The minimum absolute atomic E-state index is 0.0118. The Bertz CT molecular complexity index is 1560. The second kappa shape index (κ2) is 8.77. The van der Waals surface area contributed by atoms with Crippen LogP contribution in [0.3, 0.4) is 0 Å². The quantitative estimate of drug-likeness (QED) is 0.248. The molecular weight excluding hydrogens is 507 g/mol. The topological polar surface area (TPSA) is 79.4 Å². The average Bonchev–Trinajstić information content (AvgIpc) is 3.08. The Balaban J connectivity index is 1.91. The predicted octanol–water partition coefficient (Wildman–Crippen LogP) is 5.72. The average molecular weight is 523 g/mol. The van der Waals surface area contributed by atoms with Gasteiger partial charge in [-0.25, -0.2) is 12.8 Å². The van der Waals surface area contributed by atoms with E-state index in [0.717, 1.165) is 0 Å². The van der Waals surface area contributed by atoms with Crippen LogP contribution in [0.25, 0.3) is 11.6 Å². The van der Waals surface area contributed by atoms with Crippen molar-refractivity contribution in [3.05, 3.63) is 111 Å². The molecule has 0 atom stereocenters. The lowest BCUT2D eigenvalue weighted by Gasteiger charge is -2.04. The van der Waals surface area contributed by atoms with Gasteiger partial charge in [0.05, 0.1) is 16.1 Å². The summed E-state index contributed by atoms with van der Waals surface area (Å²) >= 11 is 3.27. The fraction of sp³-hybridized carbons (Fsp3) is 0.0400. The lowest BCUT2D eigenvalue weighted by atomic mass is 10.0. The third kappa shape index (κ3) is 4.13. The van der Waals surface area contributed by atoms with Gasteiger partial charge in [-0.2, -0.15) is 5.26 Å². The van der Waals surface area contributed by atoms with Crippen LogP contribution in [0, 0.1) is 24.1 Å². The molecule has 0 aliphatic carbocycles. The number of halogens is 2. The number of hydrogen-bond acceptors (Lipinski definition) is 4. The molecule has 5 nitrogen and oxygen atoms in total. The summed E-state index contributed by atoms with van der Waals surface area (Å²) in [6.45, 7) is 1.69. The lowest BCUT2D eigenvalue weighted by Crippen LogP contribution is -2.07. The van der Waals surface area contributed by atoms with Crippen molar-refractivity contribution in [2.24, 2.45) is 0 Å². The molecule has 2 heterocycles. The van der Waals surface area contributed by atoms with E-state index in [1.165, 1.54) is 42.5 Å². The number of nitriles is 1. The van der Waals surface area contributed by atoms with Crippen molar-refractivity contribution >= 4 is 43.1 Å². The maximum atomic E-state index is 13.3. The molecule has 0 amide bonds. The van der Waals surface area contributed by atoms with Crippen molar-refractivity contribution in [3.63, 3.8) is 0 Å². The SMILES string of the molecule is Cc1c(/C=C(/C#N)S(=O)(=O)c2ccc(Br)cc2)c2ccccn2c1C(=O)c1ccc(F)cc1. The minimum atomic E-state index is -4.08. The summed E-state index contributed by atoms with van der Waals surface area (Å²) in [6, 6.07) is 18.2. The van der Waals surface area contributed by atoms with Gasteiger partial charge in [-0.15, -0.1) is 0 Å². The van der Waals surface area contributed by atoms with Crippen LogP contribution in [0.4, 0.5) is 4.39 Å². The number of pyridine rings is 1. The minimum Gasteiger partial charge on any atom is -0.313 e. The van der Waals surface area contributed by atoms with Gasteiger partial charge in [-0.05, 0) is 79.2 Å². The second-order valence-electron chi connectivity index (χ2n) is 7.26. The van der Waals surface area contributed by atoms with Gasteiger partial charge in [0.15, 0.2) is 0 Å². The third-order valence-corrected chi connectivity index (χ3v) is 7.47. The third-order valence-electron chi connectivity index (χ3n) is 5.26. The molecule has 0 aliphatic heterocycles. The first kappa shape index (κ1) is 22.6. The van der Waals surface area contributed by atoms with Crippen LogP contribution in [-0.2, 0) is 9.84 Å². The number of ketones is 1. The molecule has 2 aromatic heterocycles. The summed E-state index contributed by atoms with van der Waals surface area (Å²) in [4.78, 5) is 12.8. The van der Waals surface area contributed by atoms with E-state index in [1.807, 2.05) is 0 Å². The molecule has 4 aromatic rings. The van der Waals surface area contributed by atoms with Gasteiger partial charge in [0.1, 0.15) is 16.8 Å². The van der Waals surface area contributed by atoms with Gasteiger partial charge in [0.25, 0.3) is 0 Å². The number of allylic oxidation sites excluding steroid dienone is 1. The van der Waals surface area contributed by atoms with E-state index in [1.54, 1.807) is 53.9 Å². The largest absolute Gasteiger partial charge is 0.313 e. The normalized spacial score (nSPS) is 12.0. The van der Waals surface area contributed by atoms with E-state index in [-0.39, 0.29) is 10.7 Å². The number of aromatic nitrogens is 1. The predicted molar refractivity (Wildman–Crippen MR) is 127 cm³/mol. The Kier molecular flexibility index (Phi) is 6.02. The van der Waals surface area contributed by atoms with E-state index < -0.39 is 20.6 Å². The summed E-state index contributed by atoms with van der Waals surface area (Å²) in [5.41, 5.74) is 2.12. The van der Waals surface area contributed by atoms with Crippen molar-refractivity contribution < 1.29 is 17.6 Å². The number of sulfone groups is 1. The van der Waals surface area contributed by atoms with Gasteiger partial charge >= 0.3 is 0 Å². The van der Waals surface area contributed by atoms with Crippen molar-refractivity contribution in [2.75, 3.05) is 0 Å². The fourth-order valence-electron chi connectivity index (χ4n) is 3.60. The van der Waals surface area contributed by atoms with E-state index in [4.69, 9.17) is 0 Å². The second-order valence-corrected chi connectivity index (χ2v) is 10.1. The number of fused-ring (bicyclic) bond motifs is 1. The van der Waals surface area contributed by atoms with E-state index in [0.29, 0.717) is 32.4 Å². The van der Waals surface area contributed by atoms with Crippen molar-refractivity contribution in [1.29, 1.82) is 5.26 Å². The molecule has 0 aliphatic rings. The first-order chi connectivity index (χ1) is 15.7. The Morgan fingerprint density at radius 3 is 2.36 bits per heavy atom. The summed E-state index contributed by atoms with van der Waals surface area (Å²) in [5, 5.41) is 9.71. The van der Waals surface area contributed by atoms with Gasteiger partial charge in [0, 0.05) is 21.8 Å². The zero-order valence-corrected chi connectivity index (χ0v) is 19.7. The van der Waals surface area contributed by atoms with Crippen LogP contribution in [0.5, 0.6) is 0 Å². The van der Waals surface area contributed by atoms with Crippen molar-refractivity contribution in [3.8, 4) is 6.07 Å². The van der Waals surface area contributed by atoms with Gasteiger partial charge in [0.2, 0.25) is 15.6 Å². The van der Waals surface area contributed by atoms with Crippen molar-refractivity contribution in [2.45, 2.75) is 11.8 Å². The number of nitrogens with zero attached hydrogens (tertiary/aromatic N) is 2. The highest BCUT2D eigenvalue weighted by molar-refractivity contribution is 9.10. The summed E-state index contributed by atoms with van der Waals surface area (Å²) in [7, 11) is -4.08. The molecule has 0 saturated heterocycles. The molecule has 0 N–H and O–H groups in total. The maximum Gasteiger partial charge on any atom is 0.216 e. The molecule has 0 radical (unpaired) electrons. The number of hydrogen-bond donors (Lipinski definition) is 0. The molecule has 0 saturated carbocycles. The molecule has 4 rings (SSSR count). The number of carbonyl (C=O) groups excluding carboxylic acids is 1. The van der Waals surface area contributed by atoms with Crippen LogP contribution in [0.2, 0.25) is 0 Å². The standard InChI is InChI=1S/C25H16BrFN2O3S/c1-16-22(14-21(15-28)33(31,32)20-11-7-18(26)8-12-20)23-4-2-3-13-29(23)24(16)25(30)17-5-9-19(27)10-6-17/h2-14H,1H3/b21-14-. The van der Waals surface area contributed by atoms with Crippen LogP contribution < -0.4 is 0 Å². The lowest BCUT2D eigenvalue weighted by molar-refractivity contribution is 0.103. The first-order valence-corrected chi connectivity index (χ1v) is 12.0. The fourth-order valence-corrected chi connectivity index (χ4v) is 5.01. The van der Waals surface area contributed by atoms with Gasteiger partial charge < -0.3 is 4.40 Å². The number of carbonyl (C=O) groups is 1. The monoisotopic (exact) mass is 522 g/mol. The maximum absolute atomic E-state index is 13.3. The molecular formula is C25H16BrFN2O3S. The summed E-state index contributed by atoms with van der Waals surface area (Å²) in [5.74, 6) is -0.800. The number of benzene rings is 2. The van der Waals surface area contributed by atoms with E-state index in [2.05, 4.69) is 15.9 Å². The van der Waals surface area contributed by atoms with Crippen LogP contribution in [-0.4, -0.2) is 18.6 Å². The Morgan fingerprint density at radius 1 is 1.06 bits per heavy atom.